The first kappa shape index (κ1) is 33.7. The Bertz CT molecular complexity index is 2310. The lowest BCUT2D eigenvalue weighted by atomic mass is 10.1. The third-order valence-electron chi connectivity index (χ3n) is 9.11. The van der Waals surface area contributed by atoms with Gasteiger partial charge in [0.1, 0.15) is 35.9 Å². The average molecular weight is 703 g/mol. The van der Waals surface area contributed by atoms with Crippen molar-refractivity contribution in [3.05, 3.63) is 56.8 Å². The molecule has 4 aromatic heterocycles. The quantitative estimate of drug-likeness (QED) is 0.123. The van der Waals surface area contributed by atoms with E-state index in [4.69, 9.17) is 15.2 Å². The molecule has 2 aliphatic heterocycles. The van der Waals surface area contributed by atoms with Crippen LogP contribution in [0.4, 0.5) is 17.5 Å². The second-order valence-corrected chi connectivity index (χ2v) is 12.3. The fourth-order valence-electron chi connectivity index (χ4n) is 6.37. The summed E-state index contributed by atoms with van der Waals surface area (Å²) in [6.07, 6.45) is -0.230. The lowest BCUT2D eigenvalue weighted by Gasteiger charge is -2.31. The van der Waals surface area contributed by atoms with Gasteiger partial charge < -0.3 is 45.5 Å². The van der Waals surface area contributed by atoms with Crippen molar-refractivity contribution in [1.29, 1.82) is 0 Å². The summed E-state index contributed by atoms with van der Waals surface area (Å²) >= 11 is 0. The highest BCUT2D eigenvalue weighted by Crippen LogP contribution is 2.34. The zero-order chi connectivity index (χ0) is 36.1. The zero-order valence-electron chi connectivity index (χ0n) is 28.3. The Morgan fingerprint density at radius 2 is 1.86 bits per heavy atom. The van der Waals surface area contributed by atoms with Crippen molar-refractivity contribution < 1.29 is 24.5 Å². The van der Waals surface area contributed by atoms with Gasteiger partial charge in [0, 0.05) is 40.8 Å². The maximum absolute atomic E-state index is 12.7. The topological polar surface area (TPSA) is 235 Å². The van der Waals surface area contributed by atoms with E-state index in [-0.39, 0.29) is 22.9 Å². The molecule has 1 aromatic carbocycles. The van der Waals surface area contributed by atoms with Crippen LogP contribution in [-0.2, 0) is 30.7 Å². The van der Waals surface area contributed by atoms with Crippen molar-refractivity contribution in [2.24, 2.45) is 21.1 Å². The van der Waals surface area contributed by atoms with Crippen LogP contribution in [0.25, 0.3) is 34.5 Å². The summed E-state index contributed by atoms with van der Waals surface area (Å²) in [5.41, 5.74) is 8.32. The highest BCUT2D eigenvalue weighted by Gasteiger charge is 2.47. The molecule has 0 aliphatic carbocycles. The molecule has 5 aromatic rings. The number of nitrogen functional groups attached to an aromatic ring is 1. The number of carbonyl (C=O) groups excluding carboxylic acids is 1. The minimum Gasteiger partial charge on any atom is -0.490 e. The molecule has 4 atom stereocenters. The van der Waals surface area contributed by atoms with E-state index in [2.05, 4.69) is 35.5 Å². The van der Waals surface area contributed by atoms with Crippen molar-refractivity contribution >= 4 is 57.8 Å². The Morgan fingerprint density at radius 3 is 2.65 bits per heavy atom. The normalized spacial score (nSPS) is 20.3. The first-order valence-corrected chi connectivity index (χ1v) is 16.3. The van der Waals surface area contributed by atoms with Crippen molar-refractivity contribution in [2.45, 2.75) is 31.5 Å². The minimum absolute atomic E-state index is 0.108. The number of amides is 1. The van der Waals surface area contributed by atoms with Crippen LogP contribution in [0.15, 0.2) is 34.1 Å². The predicted molar refractivity (Wildman–Crippen MR) is 187 cm³/mol. The molecule has 19 nitrogen and oxygen atoms in total. The predicted octanol–water partition coefficient (Wildman–Crippen LogP) is -1.07. The van der Waals surface area contributed by atoms with Crippen molar-refractivity contribution in [3.8, 4) is 5.75 Å². The number of aromatic nitrogens is 8. The second kappa shape index (κ2) is 13.2. The van der Waals surface area contributed by atoms with Crippen molar-refractivity contribution in [1.82, 2.24) is 43.5 Å². The van der Waals surface area contributed by atoms with Gasteiger partial charge in [-0.2, -0.15) is 9.97 Å². The summed E-state index contributed by atoms with van der Waals surface area (Å²) in [5, 5.41) is 27.0. The summed E-state index contributed by atoms with van der Waals surface area (Å²) in [4.78, 5) is 57.3. The molecule has 2 aliphatic rings. The number of imidazole rings is 2. The van der Waals surface area contributed by atoms with Gasteiger partial charge in [-0.25, -0.2) is 14.8 Å². The molecular weight excluding hydrogens is 664 g/mol. The first-order valence-electron chi connectivity index (χ1n) is 16.3. The van der Waals surface area contributed by atoms with E-state index < -0.39 is 41.7 Å². The third-order valence-corrected chi connectivity index (χ3v) is 9.11. The smallest absolute Gasteiger partial charge is 0.332 e. The molecule has 0 bridgehead atoms. The van der Waals surface area contributed by atoms with Crippen LogP contribution >= 0.6 is 0 Å². The Labute approximate surface area is 289 Å². The van der Waals surface area contributed by atoms with Gasteiger partial charge in [-0.3, -0.25) is 23.3 Å². The maximum Gasteiger partial charge on any atom is 0.332 e. The summed E-state index contributed by atoms with van der Waals surface area (Å²) in [6, 6.07) is 5.85. The molecule has 268 valence electrons. The summed E-state index contributed by atoms with van der Waals surface area (Å²) in [5.74, 6) is 1.03. The van der Waals surface area contributed by atoms with Crippen LogP contribution < -0.4 is 37.3 Å². The van der Waals surface area contributed by atoms with Gasteiger partial charge >= 0.3 is 5.69 Å². The van der Waals surface area contributed by atoms with E-state index in [1.807, 2.05) is 24.3 Å². The number of rotatable bonds is 9. The molecule has 6 N–H and O–H groups in total. The molecule has 19 heteroatoms. The van der Waals surface area contributed by atoms with Crippen LogP contribution in [0.5, 0.6) is 5.75 Å². The number of aliphatic hydroxyl groups excluding tert-OH is 2. The third kappa shape index (κ3) is 5.83. The fourth-order valence-corrected chi connectivity index (χ4v) is 6.37. The van der Waals surface area contributed by atoms with E-state index in [0.29, 0.717) is 55.5 Å². The number of nitrogens with zero attached hydrogens (tertiary/aromatic N) is 9. The number of nitrogens with two attached hydrogens (primary N) is 1. The number of likely N-dealkylation sites (N-methyl/N-ethyl adjacent to an activating group) is 1. The molecule has 0 radical (unpaired) electrons. The van der Waals surface area contributed by atoms with Crippen molar-refractivity contribution in [3.63, 3.8) is 0 Å². The standard InChI is InChI=1S/C32H38N12O7/c1-5-34-28(47)24-22(45)23(46)30(51-24)44-15-36-20-25(33)38-31(39-26(20)44)35-10-11-43-12-13-50-18-14-16(6-8-17(18)43)7-9-19-37-27-21(40(19)2)29(48)42(4)32(49)41(27)3/h6-9,14-15,22-24,30,45-46H,5,10-13H2,1-4H3,(H,34,47)(H3,33,35,38,39)/b9-7+/t22-,23+,24?,30+/m0/s1. The number of ether oxygens (including phenoxy) is 2. The molecule has 7 rings (SSSR count). The van der Waals surface area contributed by atoms with E-state index >= 15 is 0 Å². The number of hydrogen-bond donors (Lipinski definition) is 5. The van der Waals surface area contributed by atoms with Gasteiger partial charge in [-0.15, -0.1) is 0 Å². The van der Waals surface area contributed by atoms with Gasteiger partial charge in [-0.1, -0.05) is 12.1 Å². The SMILES string of the molecule is CCNC(=O)C1O[C@@H](n2cnc3c(N)nc(NCCN4CCOc5cc(/C=C/c6nc7c(c(=O)n(C)c(=O)n7C)n6C)ccc54)nc32)[C@H](O)[C@@H]1O. The van der Waals surface area contributed by atoms with Gasteiger partial charge in [0.2, 0.25) is 5.95 Å². The van der Waals surface area contributed by atoms with Gasteiger partial charge in [-0.05, 0) is 30.7 Å². The lowest BCUT2D eigenvalue weighted by Crippen LogP contribution is -2.42. The Balaban J connectivity index is 1.04. The molecule has 1 fully saturated rings. The van der Waals surface area contributed by atoms with Crippen LogP contribution in [-0.4, -0.2) is 105 Å². The highest BCUT2D eigenvalue weighted by molar-refractivity contribution is 5.84. The second-order valence-electron chi connectivity index (χ2n) is 12.3. The van der Waals surface area contributed by atoms with E-state index in [0.717, 1.165) is 15.8 Å². The van der Waals surface area contributed by atoms with E-state index in [9.17, 15) is 24.6 Å². The van der Waals surface area contributed by atoms with Crippen molar-refractivity contribution in [2.75, 3.05) is 48.7 Å². The van der Waals surface area contributed by atoms with E-state index in [1.54, 1.807) is 31.7 Å². The monoisotopic (exact) mass is 702 g/mol. The number of aryl methyl sites for hydroxylation is 2. The van der Waals surface area contributed by atoms with Crippen LogP contribution in [0.1, 0.15) is 24.5 Å². The van der Waals surface area contributed by atoms with Crippen LogP contribution in [0.2, 0.25) is 0 Å². The average Bonchev–Trinajstić information content (AvgIpc) is 3.78. The number of anilines is 3. The van der Waals surface area contributed by atoms with Crippen LogP contribution in [0, 0.1) is 0 Å². The summed E-state index contributed by atoms with van der Waals surface area (Å²) in [7, 11) is 4.76. The zero-order valence-corrected chi connectivity index (χ0v) is 28.3. The first-order chi connectivity index (χ1) is 24.5. The molecule has 1 unspecified atom stereocenters. The molecular formula is C32H38N12O7. The minimum atomic E-state index is -1.45. The van der Waals surface area contributed by atoms with Gasteiger partial charge in [0.15, 0.2) is 35.0 Å². The number of hydrogen-bond acceptors (Lipinski definition) is 14. The molecule has 6 heterocycles. The van der Waals surface area contributed by atoms with Gasteiger partial charge in [0.25, 0.3) is 11.5 Å². The lowest BCUT2D eigenvalue weighted by molar-refractivity contribution is -0.137. The Hall–Kier alpha value is -5.79. The number of carbonyl (C=O) groups is 1. The fraction of sp³-hybridized carbons (Fsp3) is 0.406. The number of fused-ring (bicyclic) bond motifs is 3. The van der Waals surface area contributed by atoms with E-state index in [1.165, 1.54) is 22.5 Å². The molecule has 1 saturated heterocycles. The number of nitrogens with one attached hydrogen (secondary N) is 2. The largest absolute Gasteiger partial charge is 0.490 e. The Kier molecular flexibility index (Phi) is 8.69. The highest BCUT2D eigenvalue weighted by atomic mass is 16.6. The van der Waals surface area contributed by atoms with Crippen LogP contribution in [0.3, 0.4) is 0 Å². The summed E-state index contributed by atoms with van der Waals surface area (Å²) in [6.45, 7) is 4.22. The summed E-state index contributed by atoms with van der Waals surface area (Å²) < 4.78 is 17.2. The maximum atomic E-state index is 12.7. The Morgan fingerprint density at radius 1 is 1.06 bits per heavy atom. The van der Waals surface area contributed by atoms with Gasteiger partial charge in [0.05, 0.1) is 18.6 Å². The molecule has 0 spiro atoms. The molecule has 0 saturated carbocycles. The molecule has 1 amide bonds. The number of benzene rings is 1. The molecule has 51 heavy (non-hydrogen) atoms. The number of aliphatic hydroxyl groups is 2.